The summed E-state index contributed by atoms with van der Waals surface area (Å²) in [6.45, 7) is 0. The van der Waals surface area contributed by atoms with Gasteiger partial charge in [0.1, 0.15) is 11.9 Å². The molecule has 2 N–H and O–H groups in total. The molecular weight excluding hydrogens is 273 g/mol. The first-order chi connectivity index (χ1) is 10.1. The number of halogens is 1. The summed E-state index contributed by atoms with van der Waals surface area (Å²) in [5.74, 6) is -1.77. The standard InChI is InChI=1S/C16H20FNO3/c17-13-8-4-5-11(9-13)10-14(19)18-15(16(20)21)12-6-2-1-3-7-12/h4-5,8-9,12,15H,1-3,6-7,10H2,(H,18,19)(H,20,21)/t15-/m1/s1. The van der Waals surface area contributed by atoms with Gasteiger partial charge in [-0.05, 0) is 36.5 Å². The number of aliphatic carboxylic acids is 1. The number of carbonyl (C=O) groups excluding carboxylic acids is 1. The van der Waals surface area contributed by atoms with Crippen molar-refractivity contribution in [3.63, 3.8) is 0 Å². The van der Waals surface area contributed by atoms with Gasteiger partial charge in [-0.2, -0.15) is 0 Å². The second-order valence-corrected chi connectivity index (χ2v) is 5.59. The lowest BCUT2D eigenvalue weighted by molar-refractivity contribution is -0.143. The summed E-state index contributed by atoms with van der Waals surface area (Å²) in [4.78, 5) is 23.4. The van der Waals surface area contributed by atoms with E-state index < -0.39 is 17.8 Å². The Morgan fingerprint density at radius 1 is 1.29 bits per heavy atom. The van der Waals surface area contributed by atoms with Crippen molar-refractivity contribution in [2.75, 3.05) is 0 Å². The van der Waals surface area contributed by atoms with E-state index in [0.717, 1.165) is 32.1 Å². The fourth-order valence-corrected chi connectivity index (χ4v) is 2.91. The molecule has 4 nitrogen and oxygen atoms in total. The fraction of sp³-hybridized carbons (Fsp3) is 0.500. The van der Waals surface area contributed by atoms with Crippen molar-refractivity contribution < 1.29 is 19.1 Å². The fourth-order valence-electron chi connectivity index (χ4n) is 2.91. The minimum atomic E-state index is -0.991. The van der Waals surface area contributed by atoms with Gasteiger partial charge in [0.05, 0.1) is 6.42 Å². The molecule has 1 atom stereocenters. The zero-order chi connectivity index (χ0) is 15.2. The van der Waals surface area contributed by atoms with Crippen molar-refractivity contribution >= 4 is 11.9 Å². The summed E-state index contributed by atoms with van der Waals surface area (Å²) >= 11 is 0. The molecular formula is C16H20FNO3. The Morgan fingerprint density at radius 3 is 2.62 bits per heavy atom. The van der Waals surface area contributed by atoms with E-state index >= 15 is 0 Å². The van der Waals surface area contributed by atoms with Gasteiger partial charge in [-0.15, -0.1) is 0 Å². The quantitative estimate of drug-likeness (QED) is 0.876. The summed E-state index contributed by atoms with van der Waals surface area (Å²) in [5.41, 5.74) is 0.542. The first kappa shape index (κ1) is 15.5. The van der Waals surface area contributed by atoms with Gasteiger partial charge in [0.15, 0.2) is 0 Å². The summed E-state index contributed by atoms with van der Waals surface area (Å²) in [6.07, 6.45) is 4.80. The van der Waals surface area contributed by atoms with Crippen LogP contribution in [0.5, 0.6) is 0 Å². The van der Waals surface area contributed by atoms with Crippen molar-refractivity contribution in [2.45, 2.75) is 44.6 Å². The number of hydrogen-bond donors (Lipinski definition) is 2. The number of carboxylic acid groups (broad SMARTS) is 1. The Kier molecular flexibility index (Phi) is 5.31. The molecule has 0 radical (unpaired) electrons. The van der Waals surface area contributed by atoms with E-state index in [9.17, 15) is 19.1 Å². The molecule has 0 unspecified atom stereocenters. The van der Waals surface area contributed by atoms with E-state index in [-0.39, 0.29) is 18.2 Å². The molecule has 0 aromatic heterocycles. The molecule has 0 bridgehead atoms. The third-order valence-corrected chi connectivity index (χ3v) is 3.96. The lowest BCUT2D eigenvalue weighted by Gasteiger charge is -2.28. The van der Waals surface area contributed by atoms with E-state index in [1.807, 2.05) is 0 Å². The zero-order valence-corrected chi connectivity index (χ0v) is 11.8. The number of carbonyl (C=O) groups is 2. The van der Waals surface area contributed by atoms with Crippen molar-refractivity contribution in [3.8, 4) is 0 Å². The summed E-state index contributed by atoms with van der Waals surface area (Å²) in [5, 5.41) is 11.9. The highest BCUT2D eigenvalue weighted by atomic mass is 19.1. The molecule has 1 aliphatic rings. The van der Waals surface area contributed by atoms with Crippen LogP contribution in [0, 0.1) is 11.7 Å². The number of rotatable bonds is 5. The Hall–Kier alpha value is -1.91. The smallest absolute Gasteiger partial charge is 0.326 e. The highest BCUT2D eigenvalue weighted by Gasteiger charge is 2.30. The van der Waals surface area contributed by atoms with Gasteiger partial charge < -0.3 is 10.4 Å². The number of benzene rings is 1. The maximum Gasteiger partial charge on any atom is 0.326 e. The van der Waals surface area contributed by atoms with Crippen LogP contribution in [0.3, 0.4) is 0 Å². The van der Waals surface area contributed by atoms with Gasteiger partial charge >= 0.3 is 5.97 Å². The Bertz CT molecular complexity index is 512. The predicted octanol–water partition coefficient (Wildman–Crippen LogP) is 2.52. The number of amides is 1. The molecule has 1 saturated carbocycles. The minimum Gasteiger partial charge on any atom is -0.480 e. The lowest BCUT2D eigenvalue weighted by atomic mass is 9.84. The summed E-state index contributed by atoms with van der Waals surface area (Å²) < 4.78 is 13.1. The molecule has 5 heteroatoms. The Balaban J connectivity index is 1.96. The Morgan fingerprint density at radius 2 is 2.00 bits per heavy atom. The van der Waals surface area contributed by atoms with Gasteiger partial charge in [0.25, 0.3) is 0 Å². The highest BCUT2D eigenvalue weighted by molar-refractivity contribution is 5.85. The van der Waals surface area contributed by atoms with Crippen LogP contribution in [-0.2, 0) is 16.0 Å². The van der Waals surface area contributed by atoms with Gasteiger partial charge in [0.2, 0.25) is 5.91 Å². The van der Waals surface area contributed by atoms with Gasteiger partial charge in [-0.3, -0.25) is 4.79 Å². The van der Waals surface area contributed by atoms with Gasteiger partial charge in [-0.25, -0.2) is 9.18 Å². The second kappa shape index (κ2) is 7.20. The van der Waals surface area contributed by atoms with Crippen molar-refractivity contribution in [1.29, 1.82) is 0 Å². The monoisotopic (exact) mass is 293 g/mol. The third-order valence-electron chi connectivity index (χ3n) is 3.96. The molecule has 1 fully saturated rings. The molecule has 0 heterocycles. The average molecular weight is 293 g/mol. The maximum atomic E-state index is 13.1. The molecule has 1 aliphatic carbocycles. The summed E-state index contributed by atoms with van der Waals surface area (Å²) in [7, 11) is 0. The number of carboxylic acids is 1. The van der Waals surface area contributed by atoms with Gasteiger partial charge in [0, 0.05) is 0 Å². The first-order valence-corrected chi connectivity index (χ1v) is 7.33. The molecule has 0 aliphatic heterocycles. The number of hydrogen-bond acceptors (Lipinski definition) is 2. The molecule has 114 valence electrons. The second-order valence-electron chi connectivity index (χ2n) is 5.59. The van der Waals surface area contributed by atoms with Crippen LogP contribution in [0.15, 0.2) is 24.3 Å². The first-order valence-electron chi connectivity index (χ1n) is 7.33. The lowest BCUT2D eigenvalue weighted by Crippen LogP contribution is -2.47. The van der Waals surface area contributed by atoms with E-state index in [2.05, 4.69) is 5.32 Å². The molecule has 2 rings (SSSR count). The van der Waals surface area contributed by atoms with Crippen LogP contribution >= 0.6 is 0 Å². The molecule has 1 aromatic carbocycles. The van der Waals surface area contributed by atoms with Crippen molar-refractivity contribution in [2.24, 2.45) is 5.92 Å². The average Bonchev–Trinajstić information content (AvgIpc) is 2.45. The van der Waals surface area contributed by atoms with E-state index in [1.54, 1.807) is 6.07 Å². The molecule has 1 amide bonds. The normalized spacial score (nSPS) is 17.2. The molecule has 0 saturated heterocycles. The highest BCUT2D eigenvalue weighted by Crippen LogP contribution is 2.26. The van der Waals surface area contributed by atoms with Crippen LogP contribution < -0.4 is 5.32 Å². The molecule has 0 spiro atoms. The predicted molar refractivity (Wildman–Crippen MR) is 76.2 cm³/mol. The van der Waals surface area contributed by atoms with Crippen LogP contribution in [0.2, 0.25) is 0 Å². The summed E-state index contributed by atoms with van der Waals surface area (Å²) in [6, 6.07) is 4.94. The third kappa shape index (κ3) is 4.55. The largest absolute Gasteiger partial charge is 0.480 e. The topological polar surface area (TPSA) is 66.4 Å². The van der Waals surface area contributed by atoms with Crippen LogP contribution in [0.4, 0.5) is 4.39 Å². The molecule has 21 heavy (non-hydrogen) atoms. The van der Waals surface area contributed by atoms with Gasteiger partial charge in [-0.1, -0.05) is 31.4 Å². The van der Waals surface area contributed by atoms with Crippen molar-refractivity contribution in [3.05, 3.63) is 35.6 Å². The SMILES string of the molecule is O=C(Cc1cccc(F)c1)N[C@@H](C(=O)O)C1CCCCC1. The van der Waals surface area contributed by atoms with E-state index in [4.69, 9.17) is 0 Å². The van der Waals surface area contributed by atoms with Crippen molar-refractivity contribution in [1.82, 2.24) is 5.32 Å². The van der Waals surface area contributed by atoms with E-state index in [1.165, 1.54) is 18.2 Å². The minimum absolute atomic E-state index is 0.00569. The van der Waals surface area contributed by atoms with Crippen LogP contribution in [-0.4, -0.2) is 23.0 Å². The molecule has 1 aromatic rings. The number of nitrogens with one attached hydrogen (secondary N) is 1. The van der Waals surface area contributed by atoms with Crippen LogP contribution in [0.1, 0.15) is 37.7 Å². The maximum absolute atomic E-state index is 13.1. The Labute approximate surface area is 123 Å². The van der Waals surface area contributed by atoms with E-state index in [0.29, 0.717) is 5.56 Å². The van der Waals surface area contributed by atoms with Crippen LogP contribution in [0.25, 0.3) is 0 Å². The zero-order valence-electron chi connectivity index (χ0n) is 11.8.